The molecule has 1 N–H and O–H groups in total. The highest BCUT2D eigenvalue weighted by atomic mass is 19.4. The van der Waals surface area contributed by atoms with E-state index in [0.29, 0.717) is 11.5 Å². The molecule has 2 heterocycles. The lowest BCUT2D eigenvalue weighted by molar-refractivity contribution is -0.141. The first-order valence-electron chi connectivity index (χ1n) is 5.38. The predicted octanol–water partition coefficient (Wildman–Crippen LogP) is 2.21. The molecular formula is C11H10F3N5. The van der Waals surface area contributed by atoms with E-state index >= 15 is 0 Å². The van der Waals surface area contributed by atoms with Gasteiger partial charge in [0.1, 0.15) is 11.5 Å². The van der Waals surface area contributed by atoms with Crippen molar-refractivity contribution < 1.29 is 13.2 Å². The Morgan fingerprint density at radius 3 is 2.53 bits per heavy atom. The zero-order valence-electron chi connectivity index (χ0n) is 9.94. The maximum atomic E-state index is 12.4. The highest BCUT2D eigenvalue weighted by molar-refractivity contribution is 5.27. The minimum Gasteiger partial charge on any atom is -0.349 e. The number of anilines is 1. The Balaban J connectivity index is 2.08. The number of nitrogens with one attached hydrogen (secondary N) is 1. The molecule has 0 aliphatic carbocycles. The smallest absolute Gasteiger partial charge is 0.349 e. The third-order valence-corrected chi connectivity index (χ3v) is 2.21. The van der Waals surface area contributed by atoms with E-state index in [1.165, 1.54) is 0 Å². The Kier molecular flexibility index (Phi) is 3.59. The van der Waals surface area contributed by atoms with Crippen molar-refractivity contribution in [2.24, 2.45) is 0 Å². The van der Waals surface area contributed by atoms with Crippen LogP contribution in [0.3, 0.4) is 0 Å². The second kappa shape index (κ2) is 5.17. The fourth-order valence-electron chi connectivity index (χ4n) is 1.37. The number of aryl methyl sites for hydroxylation is 1. The molecule has 2 aromatic heterocycles. The number of hydrogen-bond donors (Lipinski definition) is 1. The van der Waals surface area contributed by atoms with E-state index < -0.39 is 11.9 Å². The summed E-state index contributed by atoms with van der Waals surface area (Å²) in [5.74, 6) is 0.496. The maximum Gasteiger partial charge on any atom is 0.433 e. The van der Waals surface area contributed by atoms with Crippen molar-refractivity contribution in [3.8, 4) is 0 Å². The maximum absolute atomic E-state index is 12.4. The summed E-state index contributed by atoms with van der Waals surface area (Å²) >= 11 is 0. The van der Waals surface area contributed by atoms with E-state index in [0.717, 1.165) is 12.3 Å². The molecule has 100 valence electrons. The van der Waals surface area contributed by atoms with Crippen LogP contribution in [-0.4, -0.2) is 19.9 Å². The van der Waals surface area contributed by atoms with E-state index in [2.05, 4.69) is 25.3 Å². The van der Waals surface area contributed by atoms with Gasteiger partial charge >= 0.3 is 6.18 Å². The summed E-state index contributed by atoms with van der Waals surface area (Å²) < 4.78 is 37.3. The Morgan fingerprint density at radius 2 is 1.84 bits per heavy atom. The second-order valence-corrected chi connectivity index (χ2v) is 3.71. The molecule has 0 amide bonds. The molecule has 0 aliphatic heterocycles. The molecule has 2 aromatic rings. The number of halogens is 3. The van der Waals surface area contributed by atoms with Crippen LogP contribution in [0.25, 0.3) is 0 Å². The van der Waals surface area contributed by atoms with Crippen molar-refractivity contribution in [1.82, 2.24) is 19.9 Å². The molecule has 0 bridgehead atoms. The van der Waals surface area contributed by atoms with E-state index in [1.54, 1.807) is 19.2 Å². The lowest BCUT2D eigenvalue weighted by atomic mass is 10.4. The number of rotatable bonds is 3. The van der Waals surface area contributed by atoms with Gasteiger partial charge in [0.15, 0.2) is 0 Å². The average molecular weight is 269 g/mol. The molecule has 19 heavy (non-hydrogen) atoms. The van der Waals surface area contributed by atoms with Crippen molar-refractivity contribution in [2.75, 3.05) is 5.32 Å². The zero-order valence-corrected chi connectivity index (χ0v) is 9.94. The van der Waals surface area contributed by atoms with Gasteiger partial charge in [-0.1, -0.05) is 0 Å². The highest BCUT2D eigenvalue weighted by Gasteiger charge is 2.32. The molecule has 0 aliphatic rings. The van der Waals surface area contributed by atoms with E-state index in [1.807, 2.05) is 0 Å². The van der Waals surface area contributed by atoms with Gasteiger partial charge in [-0.25, -0.2) is 19.9 Å². The minimum absolute atomic E-state index is 0.0916. The summed E-state index contributed by atoms with van der Waals surface area (Å²) in [4.78, 5) is 15.1. The quantitative estimate of drug-likeness (QED) is 0.925. The van der Waals surface area contributed by atoms with Gasteiger partial charge in [-0.2, -0.15) is 13.2 Å². The fraction of sp³-hybridized carbons (Fsp3) is 0.273. The van der Waals surface area contributed by atoms with Crippen LogP contribution in [0.4, 0.5) is 19.1 Å². The van der Waals surface area contributed by atoms with Crippen molar-refractivity contribution >= 4 is 5.95 Å². The Hall–Kier alpha value is -2.25. The molecule has 0 saturated carbocycles. The number of aromatic nitrogens is 4. The highest BCUT2D eigenvalue weighted by Crippen LogP contribution is 2.27. The normalized spacial score (nSPS) is 11.4. The van der Waals surface area contributed by atoms with Crippen LogP contribution in [0.2, 0.25) is 0 Å². The molecule has 0 fully saturated rings. The first-order chi connectivity index (χ1) is 8.95. The second-order valence-electron chi connectivity index (χ2n) is 3.71. The Morgan fingerprint density at radius 1 is 1.11 bits per heavy atom. The molecule has 8 heteroatoms. The van der Waals surface area contributed by atoms with E-state index in [-0.39, 0.29) is 12.5 Å². The lowest BCUT2D eigenvalue weighted by Gasteiger charge is -2.08. The lowest BCUT2D eigenvalue weighted by Crippen LogP contribution is -2.12. The minimum atomic E-state index is -4.48. The van der Waals surface area contributed by atoms with Crippen molar-refractivity contribution in [1.29, 1.82) is 0 Å². The van der Waals surface area contributed by atoms with E-state index in [9.17, 15) is 13.2 Å². The average Bonchev–Trinajstić information content (AvgIpc) is 2.36. The predicted molar refractivity (Wildman–Crippen MR) is 61.1 cm³/mol. The summed E-state index contributed by atoms with van der Waals surface area (Å²) in [5, 5.41) is 2.69. The third-order valence-electron chi connectivity index (χ3n) is 2.21. The van der Waals surface area contributed by atoms with Gasteiger partial charge in [-0.3, -0.25) is 0 Å². The topological polar surface area (TPSA) is 63.6 Å². The summed E-state index contributed by atoms with van der Waals surface area (Å²) in [7, 11) is 0. The van der Waals surface area contributed by atoms with Crippen LogP contribution in [0.5, 0.6) is 0 Å². The zero-order chi connectivity index (χ0) is 13.9. The molecule has 0 aromatic carbocycles. The molecule has 0 saturated heterocycles. The van der Waals surface area contributed by atoms with Crippen LogP contribution in [0, 0.1) is 6.92 Å². The van der Waals surface area contributed by atoms with Gasteiger partial charge in [0.2, 0.25) is 5.95 Å². The standard InChI is InChI=1S/C11H10F3N5/c1-7-15-4-2-8(18-7)6-17-10-16-5-3-9(19-10)11(12,13)14/h2-5H,6H2,1H3,(H,16,17,19). The van der Waals surface area contributed by atoms with Crippen molar-refractivity contribution in [3.05, 3.63) is 41.7 Å². The van der Waals surface area contributed by atoms with Crippen LogP contribution in [0.1, 0.15) is 17.2 Å². The first kappa shape index (κ1) is 13.2. The number of alkyl halides is 3. The third kappa shape index (κ3) is 3.60. The fourth-order valence-corrected chi connectivity index (χ4v) is 1.37. The monoisotopic (exact) mass is 269 g/mol. The van der Waals surface area contributed by atoms with Crippen molar-refractivity contribution in [3.63, 3.8) is 0 Å². The molecule has 0 radical (unpaired) electrons. The molecule has 2 rings (SSSR count). The molecule has 0 spiro atoms. The van der Waals surface area contributed by atoms with Gasteiger partial charge in [-0.15, -0.1) is 0 Å². The van der Waals surface area contributed by atoms with Gasteiger partial charge in [-0.05, 0) is 19.1 Å². The number of hydrogen-bond acceptors (Lipinski definition) is 5. The van der Waals surface area contributed by atoms with Gasteiger partial charge in [0.25, 0.3) is 0 Å². The Labute approximate surface area is 107 Å². The summed E-state index contributed by atoms with van der Waals surface area (Å²) in [6.07, 6.45) is -1.85. The van der Waals surface area contributed by atoms with Crippen LogP contribution in [0.15, 0.2) is 24.5 Å². The molecule has 5 nitrogen and oxygen atoms in total. The van der Waals surface area contributed by atoms with Gasteiger partial charge in [0, 0.05) is 12.4 Å². The Bertz CT molecular complexity index is 570. The SMILES string of the molecule is Cc1nccc(CNc2nccc(C(F)(F)F)n2)n1. The van der Waals surface area contributed by atoms with Crippen molar-refractivity contribution in [2.45, 2.75) is 19.6 Å². The molecule has 0 unspecified atom stereocenters. The number of nitrogens with zero attached hydrogens (tertiary/aromatic N) is 4. The van der Waals surface area contributed by atoms with Crippen LogP contribution in [-0.2, 0) is 12.7 Å². The summed E-state index contributed by atoms with van der Waals surface area (Å²) in [6.45, 7) is 1.95. The van der Waals surface area contributed by atoms with Crippen LogP contribution >= 0.6 is 0 Å². The van der Waals surface area contributed by atoms with Crippen LogP contribution < -0.4 is 5.32 Å². The van der Waals surface area contributed by atoms with Gasteiger partial charge < -0.3 is 5.32 Å². The summed E-state index contributed by atoms with van der Waals surface area (Å²) in [5.41, 5.74) is -0.336. The van der Waals surface area contributed by atoms with E-state index in [4.69, 9.17) is 0 Å². The first-order valence-corrected chi connectivity index (χ1v) is 5.38. The molecular weight excluding hydrogens is 259 g/mol. The summed E-state index contributed by atoms with van der Waals surface area (Å²) in [6, 6.07) is 2.48. The largest absolute Gasteiger partial charge is 0.433 e. The van der Waals surface area contributed by atoms with Gasteiger partial charge in [0.05, 0.1) is 12.2 Å². The molecule has 0 atom stereocenters.